The first kappa shape index (κ1) is 11.5. The highest BCUT2D eigenvalue weighted by Crippen LogP contribution is 2.24. The Morgan fingerprint density at radius 1 is 1.17 bits per heavy atom. The second-order valence-electron chi connectivity index (χ2n) is 5.17. The number of aromatic amines is 1. The predicted octanol–water partition coefficient (Wildman–Crippen LogP) is 2.30. The van der Waals surface area contributed by atoms with Crippen LogP contribution in [-0.2, 0) is 0 Å². The average molecular weight is 242 g/mol. The normalized spacial score (nSPS) is 17.2. The molecule has 94 valence electrons. The molecule has 0 spiro atoms. The SMILES string of the molecule is Cc1ccc2[nH]c(=O)c(C3CCNCC3)cc2c1. The number of piperidine rings is 1. The fraction of sp³-hybridized carbons (Fsp3) is 0.400. The number of rotatable bonds is 1. The second-order valence-corrected chi connectivity index (χ2v) is 5.17. The molecule has 0 aliphatic carbocycles. The third-order valence-corrected chi connectivity index (χ3v) is 3.81. The van der Waals surface area contributed by atoms with Gasteiger partial charge >= 0.3 is 0 Å². The molecule has 3 rings (SSSR count). The molecule has 2 heterocycles. The van der Waals surface area contributed by atoms with E-state index >= 15 is 0 Å². The van der Waals surface area contributed by atoms with Crippen LogP contribution >= 0.6 is 0 Å². The van der Waals surface area contributed by atoms with Gasteiger partial charge in [0.2, 0.25) is 0 Å². The van der Waals surface area contributed by atoms with Crippen LogP contribution < -0.4 is 10.9 Å². The third kappa shape index (κ3) is 2.06. The van der Waals surface area contributed by atoms with Crippen molar-refractivity contribution < 1.29 is 0 Å². The molecule has 18 heavy (non-hydrogen) atoms. The van der Waals surface area contributed by atoms with Crippen molar-refractivity contribution in [1.29, 1.82) is 0 Å². The van der Waals surface area contributed by atoms with Gasteiger partial charge in [-0.05, 0) is 62.4 Å². The third-order valence-electron chi connectivity index (χ3n) is 3.81. The van der Waals surface area contributed by atoms with Gasteiger partial charge in [-0.2, -0.15) is 0 Å². The zero-order valence-corrected chi connectivity index (χ0v) is 10.6. The summed E-state index contributed by atoms with van der Waals surface area (Å²) in [6.45, 7) is 4.10. The molecule has 2 N–H and O–H groups in total. The Kier molecular flexibility index (Phi) is 2.92. The summed E-state index contributed by atoms with van der Waals surface area (Å²) in [5.41, 5.74) is 3.20. The van der Waals surface area contributed by atoms with Crippen LogP contribution in [0.3, 0.4) is 0 Å². The molecule has 0 unspecified atom stereocenters. The summed E-state index contributed by atoms with van der Waals surface area (Å²) in [5.74, 6) is 0.403. The number of aromatic nitrogens is 1. The molecule has 0 radical (unpaired) electrons. The van der Waals surface area contributed by atoms with Gasteiger partial charge in [-0.1, -0.05) is 11.6 Å². The number of fused-ring (bicyclic) bond motifs is 1. The summed E-state index contributed by atoms with van der Waals surface area (Å²) in [4.78, 5) is 15.1. The Balaban J connectivity index is 2.10. The van der Waals surface area contributed by atoms with Gasteiger partial charge in [0.25, 0.3) is 5.56 Å². The van der Waals surface area contributed by atoms with Crippen LogP contribution in [0.15, 0.2) is 29.1 Å². The maximum atomic E-state index is 12.1. The topological polar surface area (TPSA) is 44.9 Å². The lowest BCUT2D eigenvalue weighted by molar-refractivity contribution is 0.458. The summed E-state index contributed by atoms with van der Waals surface area (Å²) in [6.07, 6.45) is 2.11. The number of nitrogens with one attached hydrogen (secondary N) is 2. The van der Waals surface area contributed by atoms with Crippen LogP contribution in [0.4, 0.5) is 0 Å². The lowest BCUT2D eigenvalue weighted by Crippen LogP contribution is -2.29. The molecule has 0 atom stereocenters. The van der Waals surface area contributed by atoms with Gasteiger partial charge in [0.05, 0.1) is 0 Å². The van der Waals surface area contributed by atoms with Crippen LogP contribution in [0.5, 0.6) is 0 Å². The highest BCUT2D eigenvalue weighted by atomic mass is 16.1. The van der Waals surface area contributed by atoms with Crippen molar-refractivity contribution in [2.75, 3.05) is 13.1 Å². The summed E-state index contributed by atoms with van der Waals surface area (Å²) in [7, 11) is 0. The molecule has 0 bridgehead atoms. The molecule has 1 aliphatic heterocycles. The van der Waals surface area contributed by atoms with E-state index in [4.69, 9.17) is 0 Å². The summed E-state index contributed by atoms with van der Waals surface area (Å²) < 4.78 is 0. The molecule has 0 amide bonds. The molecular formula is C15H18N2O. The molecule has 1 saturated heterocycles. The minimum Gasteiger partial charge on any atom is -0.322 e. The van der Waals surface area contributed by atoms with Crippen molar-refractivity contribution in [2.45, 2.75) is 25.7 Å². The van der Waals surface area contributed by atoms with Gasteiger partial charge in [-0.3, -0.25) is 4.79 Å². The summed E-state index contributed by atoms with van der Waals surface area (Å²) in [6, 6.07) is 8.23. The molecule has 1 aliphatic rings. The molecule has 3 nitrogen and oxygen atoms in total. The van der Waals surface area contributed by atoms with Crippen LogP contribution in [0.1, 0.15) is 29.9 Å². The number of aryl methyl sites for hydroxylation is 1. The smallest absolute Gasteiger partial charge is 0.251 e. The van der Waals surface area contributed by atoms with Crippen LogP contribution in [0.2, 0.25) is 0 Å². The average Bonchev–Trinajstić information content (AvgIpc) is 2.39. The summed E-state index contributed by atoms with van der Waals surface area (Å²) >= 11 is 0. The van der Waals surface area contributed by atoms with Gasteiger partial charge in [0, 0.05) is 11.1 Å². The minimum absolute atomic E-state index is 0.0817. The van der Waals surface area contributed by atoms with E-state index in [2.05, 4.69) is 29.4 Å². The Hall–Kier alpha value is -1.61. The Bertz CT molecular complexity index is 624. The Morgan fingerprint density at radius 3 is 2.72 bits per heavy atom. The van der Waals surface area contributed by atoms with Crippen LogP contribution in [-0.4, -0.2) is 18.1 Å². The standard InChI is InChI=1S/C15H18N2O/c1-10-2-3-14-12(8-10)9-13(15(18)17-14)11-4-6-16-7-5-11/h2-3,8-9,11,16H,4-7H2,1H3,(H,17,18). The van der Waals surface area contributed by atoms with Gasteiger partial charge in [-0.15, -0.1) is 0 Å². The molecule has 0 saturated carbocycles. The predicted molar refractivity (Wildman–Crippen MR) is 74.2 cm³/mol. The molecule has 1 aromatic carbocycles. The fourth-order valence-electron chi connectivity index (χ4n) is 2.78. The van der Waals surface area contributed by atoms with Crippen molar-refractivity contribution in [3.05, 3.63) is 45.7 Å². The van der Waals surface area contributed by atoms with E-state index in [-0.39, 0.29) is 5.56 Å². The van der Waals surface area contributed by atoms with E-state index in [9.17, 15) is 4.79 Å². The lowest BCUT2D eigenvalue weighted by atomic mass is 9.90. The minimum atomic E-state index is 0.0817. The largest absolute Gasteiger partial charge is 0.322 e. The molecular weight excluding hydrogens is 224 g/mol. The van der Waals surface area contributed by atoms with Crippen LogP contribution in [0.25, 0.3) is 10.9 Å². The van der Waals surface area contributed by atoms with E-state index in [1.807, 2.05) is 12.1 Å². The second kappa shape index (κ2) is 4.58. The lowest BCUT2D eigenvalue weighted by Gasteiger charge is -2.22. The van der Waals surface area contributed by atoms with Crippen molar-refractivity contribution in [3.63, 3.8) is 0 Å². The van der Waals surface area contributed by atoms with Crippen molar-refractivity contribution in [3.8, 4) is 0 Å². The summed E-state index contributed by atoms with van der Waals surface area (Å²) in [5, 5.41) is 4.48. The zero-order chi connectivity index (χ0) is 12.5. The Labute approximate surface area is 106 Å². The number of hydrogen-bond acceptors (Lipinski definition) is 2. The van der Waals surface area contributed by atoms with E-state index in [0.717, 1.165) is 42.4 Å². The number of pyridine rings is 1. The molecule has 3 heteroatoms. The van der Waals surface area contributed by atoms with Crippen molar-refractivity contribution >= 4 is 10.9 Å². The highest BCUT2D eigenvalue weighted by Gasteiger charge is 2.18. The molecule has 2 aromatic rings. The Morgan fingerprint density at radius 2 is 1.94 bits per heavy atom. The zero-order valence-electron chi connectivity index (χ0n) is 10.6. The highest BCUT2D eigenvalue weighted by molar-refractivity contribution is 5.79. The van der Waals surface area contributed by atoms with E-state index in [1.54, 1.807) is 0 Å². The number of hydrogen-bond donors (Lipinski definition) is 2. The van der Waals surface area contributed by atoms with E-state index < -0.39 is 0 Å². The van der Waals surface area contributed by atoms with Gasteiger partial charge in [0.1, 0.15) is 0 Å². The van der Waals surface area contributed by atoms with E-state index in [1.165, 1.54) is 5.56 Å². The van der Waals surface area contributed by atoms with Crippen LogP contribution in [0, 0.1) is 6.92 Å². The first-order valence-electron chi connectivity index (χ1n) is 6.58. The first-order valence-corrected chi connectivity index (χ1v) is 6.58. The monoisotopic (exact) mass is 242 g/mol. The number of benzene rings is 1. The molecule has 1 aromatic heterocycles. The quantitative estimate of drug-likeness (QED) is 0.806. The van der Waals surface area contributed by atoms with Crippen molar-refractivity contribution in [1.82, 2.24) is 10.3 Å². The maximum absolute atomic E-state index is 12.1. The van der Waals surface area contributed by atoms with E-state index in [0.29, 0.717) is 5.92 Å². The van der Waals surface area contributed by atoms with Crippen molar-refractivity contribution in [2.24, 2.45) is 0 Å². The fourth-order valence-corrected chi connectivity index (χ4v) is 2.78. The van der Waals surface area contributed by atoms with Gasteiger partial charge in [0.15, 0.2) is 0 Å². The molecule has 1 fully saturated rings. The first-order chi connectivity index (χ1) is 8.74. The number of H-pyrrole nitrogens is 1. The van der Waals surface area contributed by atoms with Gasteiger partial charge in [-0.25, -0.2) is 0 Å². The van der Waals surface area contributed by atoms with Gasteiger partial charge < -0.3 is 10.3 Å². The maximum Gasteiger partial charge on any atom is 0.251 e.